The fourth-order valence-corrected chi connectivity index (χ4v) is 3.83. The SMILES string of the molecule is CCc1noc(-c2ncc3[nH]c4cccc(-c5ccc(Cl)cn5)c4c3c2COC)n1. The van der Waals surface area contributed by atoms with E-state index in [1.54, 1.807) is 19.5 Å². The smallest absolute Gasteiger partial charge is 0.276 e. The van der Waals surface area contributed by atoms with Gasteiger partial charge in [-0.2, -0.15) is 4.98 Å². The minimum absolute atomic E-state index is 0.346. The Morgan fingerprint density at radius 2 is 1.97 bits per heavy atom. The van der Waals surface area contributed by atoms with Gasteiger partial charge >= 0.3 is 0 Å². The Morgan fingerprint density at radius 3 is 2.70 bits per heavy atom. The Balaban J connectivity index is 1.84. The fraction of sp³-hybridized carbons (Fsp3) is 0.182. The largest absolute Gasteiger partial charge is 0.380 e. The first-order valence-corrected chi connectivity index (χ1v) is 9.93. The molecule has 0 aliphatic heterocycles. The number of hydrogen-bond acceptors (Lipinski definition) is 6. The summed E-state index contributed by atoms with van der Waals surface area (Å²) in [5.41, 5.74) is 5.21. The zero-order chi connectivity index (χ0) is 20.7. The molecular formula is C22H18ClN5O2. The Bertz CT molecular complexity index is 1360. The first kappa shape index (κ1) is 18.7. The van der Waals surface area contributed by atoms with Gasteiger partial charge in [0.15, 0.2) is 5.82 Å². The van der Waals surface area contributed by atoms with E-state index in [1.165, 1.54) is 0 Å². The number of nitrogens with zero attached hydrogens (tertiary/aromatic N) is 4. The Hall–Kier alpha value is -3.29. The Labute approximate surface area is 177 Å². The van der Waals surface area contributed by atoms with E-state index in [-0.39, 0.29) is 0 Å². The molecule has 0 saturated carbocycles. The van der Waals surface area contributed by atoms with Crippen LogP contribution in [0.5, 0.6) is 0 Å². The van der Waals surface area contributed by atoms with Gasteiger partial charge in [0.25, 0.3) is 5.89 Å². The number of fused-ring (bicyclic) bond motifs is 3. The van der Waals surface area contributed by atoms with Gasteiger partial charge in [0, 0.05) is 47.1 Å². The quantitative estimate of drug-likeness (QED) is 0.421. The highest BCUT2D eigenvalue weighted by Gasteiger charge is 2.21. The molecular weight excluding hydrogens is 402 g/mol. The molecule has 8 heteroatoms. The standard InChI is InChI=1S/C22H18ClN5O2/c1-3-18-27-22(30-28-18)21-14(11-29-2)20-17(10-25-21)26-16-6-4-5-13(19(16)20)15-8-7-12(23)9-24-15/h4-10,26H,3,11H2,1-2H3. The van der Waals surface area contributed by atoms with Gasteiger partial charge in [0.05, 0.1) is 29.0 Å². The predicted molar refractivity (Wildman–Crippen MR) is 115 cm³/mol. The van der Waals surface area contributed by atoms with Crippen molar-refractivity contribution < 1.29 is 9.26 Å². The first-order chi connectivity index (χ1) is 14.7. The number of methoxy groups -OCH3 is 1. The molecule has 0 unspecified atom stereocenters. The molecule has 0 spiro atoms. The van der Waals surface area contributed by atoms with Crippen molar-refractivity contribution in [2.45, 2.75) is 20.0 Å². The van der Waals surface area contributed by atoms with E-state index in [9.17, 15) is 0 Å². The number of nitrogens with one attached hydrogen (secondary N) is 1. The molecule has 0 aliphatic rings. The molecule has 4 aromatic heterocycles. The van der Waals surface area contributed by atoms with Crippen LogP contribution in [0.25, 0.3) is 44.6 Å². The molecule has 0 saturated heterocycles. The van der Waals surface area contributed by atoms with Crippen molar-refractivity contribution in [2.75, 3.05) is 7.11 Å². The average molecular weight is 420 g/mol. The average Bonchev–Trinajstić information content (AvgIpc) is 3.39. The van der Waals surface area contributed by atoms with Crippen LogP contribution in [0.1, 0.15) is 18.3 Å². The maximum Gasteiger partial charge on any atom is 0.276 e. The normalized spacial score (nSPS) is 11.6. The molecule has 7 nitrogen and oxygen atoms in total. The van der Waals surface area contributed by atoms with Crippen molar-refractivity contribution in [1.82, 2.24) is 25.1 Å². The summed E-state index contributed by atoms with van der Waals surface area (Å²) >= 11 is 6.04. The molecule has 5 aromatic rings. The summed E-state index contributed by atoms with van der Waals surface area (Å²) in [6.07, 6.45) is 4.13. The molecule has 4 heterocycles. The van der Waals surface area contributed by atoms with E-state index in [0.29, 0.717) is 35.5 Å². The number of benzene rings is 1. The zero-order valence-electron chi connectivity index (χ0n) is 16.4. The monoisotopic (exact) mass is 419 g/mol. The van der Waals surface area contributed by atoms with Crippen molar-refractivity contribution in [2.24, 2.45) is 0 Å². The van der Waals surface area contributed by atoms with Gasteiger partial charge in [-0.1, -0.05) is 35.8 Å². The summed E-state index contributed by atoms with van der Waals surface area (Å²) in [6, 6.07) is 9.83. The molecule has 0 atom stereocenters. The molecule has 5 rings (SSSR count). The van der Waals surface area contributed by atoms with Gasteiger partial charge in [-0.3, -0.25) is 4.98 Å². The van der Waals surface area contributed by atoms with Crippen LogP contribution >= 0.6 is 11.6 Å². The summed E-state index contributed by atoms with van der Waals surface area (Å²) in [4.78, 5) is 17.1. The fourth-order valence-electron chi connectivity index (χ4n) is 3.72. The highest BCUT2D eigenvalue weighted by Crippen LogP contribution is 2.38. The highest BCUT2D eigenvalue weighted by molar-refractivity contribution is 6.30. The topological polar surface area (TPSA) is 89.7 Å². The predicted octanol–water partition coefficient (Wildman–Crippen LogP) is 5.19. The number of hydrogen-bond donors (Lipinski definition) is 1. The number of aryl methyl sites for hydroxylation is 1. The summed E-state index contributed by atoms with van der Waals surface area (Å²) in [6.45, 7) is 2.32. The Morgan fingerprint density at radius 1 is 1.07 bits per heavy atom. The van der Waals surface area contributed by atoms with Crippen molar-refractivity contribution in [3.05, 3.63) is 59.1 Å². The third kappa shape index (κ3) is 3.03. The van der Waals surface area contributed by atoms with Gasteiger partial charge in [0.2, 0.25) is 0 Å². The lowest BCUT2D eigenvalue weighted by Crippen LogP contribution is -1.97. The second kappa shape index (κ2) is 7.51. The van der Waals surface area contributed by atoms with Crippen LogP contribution in [-0.4, -0.2) is 32.2 Å². The van der Waals surface area contributed by atoms with Gasteiger partial charge in [-0.25, -0.2) is 4.98 Å². The number of ether oxygens (including phenoxy) is 1. The van der Waals surface area contributed by atoms with Crippen LogP contribution in [0.2, 0.25) is 5.02 Å². The minimum Gasteiger partial charge on any atom is -0.380 e. The van der Waals surface area contributed by atoms with Crippen molar-refractivity contribution in [3.63, 3.8) is 0 Å². The van der Waals surface area contributed by atoms with Crippen LogP contribution in [0.3, 0.4) is 0 Å². The maximum absolute atomic E-state index is 6.04. The second-order valence-electron chi connectivity index (χ2n) is 6.89. The van der Waals surface area contributed by atoms with E-state index in [1.807, 2.05) is 37.3 Å². The van der Waals surface area contributed by atoms with Crippen LogP contribution in [-0.2, 0) is 17.8 Å². The zero-order valence-corrected chi connectivity index (χ0v) is 17.2. The molecule has 0 fully saturated rings. The lowest BCUT2D eigenvalue weighted by Gasteiger charge is -2.09. The molecule has 1 aromatic carbocycles. The van der Waals surface area contributed by atoms with Crippen LogP contribution < -0.4 is 0 Å². The van der Waals surface area contributed by atoms with Gasteiger partial charge in [0.1, 0.15) is 5.69 Å². The molecule has 0 bridgehead atoms. The van der Waals surface area contributed by atoms with E-state index in [4.69, 9.17) is 20.9 Å². The molecule has 150 valence electrons. The first-order valence-electron chi connectivity index (χ1n) is 9.55. The number of pyridine rings is 2. The summed E-state index contributed by atoms with van der Waals surface area (Å²) < 4.78 is 11.0. The third-order valence-corrected chi connectivity index (χ3v) is 5.27. The second-order valence-corrected chi connectivity index (χ2v) is 7.33. The molecule has 0 amide bonds. The van der Waals surface area contributed by atoms with Crippen LogP contribution in [0.15, 0.2) is 47.2 Å². The van der Waals surface area contributed by atoms with Gasteiger partial charge in [-0.15, -0.1) is 0 Å². The number of H-pyrrole nitrogens is 1. The number of rotatable bonds is 5. The van der Waals surface area contributed by atoms with Crippen LogP contribution in [0, 0.1) is 0 Å². The number of aromatic amines is 1. The lowest BCUT2D eigenvalue weighted by atomic mass is 9.99. The number of halogens is 1. The van der Waals surface area contributed by atoms with Gasteiger partial charge in [-0.05, 0) is 18.2 Å². The summed E-state index contributed by atoms with van der Waals surface area (Å²) in [7, 11) is 1.66. The lowest BCUT2D eigenvalue weighted by molar-refractivity contribution is 0.186. The summed E-state index contributed by atoms with van der Waals surface area (Å²) in [5.74, 6) is 1.03. The summed E-state index contributed by atoms with van der Waals surface area (Å²) in [5, 5.41) is 6.65. The molecule has 0 radical (unpaired) electrons. The van der Waals surface area contributed by atoms with Crippen molar-refractivity contribution in [3.8, 4) is 22.8 Å². The Kier molecular flexibility index (Phi) is 4.69. The van der Waals surface area contributed by atoms with E-state index in [2.05, 4.69) is 25.1 Å². The maximum atomic E-state index is 6.04. The van der Waals surface area contributed by atoms with Crippen molar-refractivity contribution in [1.29, 1.82) is 0 Å². The van der Waals surface area contributed by atoms with E-state index < -0.39 is 0 Å². The molecule has 1 N–H and O–H groups in total. The van der Waals surface area contributed by atoms with Crippen molar-refractivity contribution >= 4 is 33.4 Å². The van der Waals surface area contributed by atoms with Crippen LogP contribution in [0.4, 0.5) is 0 Å². The molecule has 30 heavy (non-hydrogen) atoms. The third-order valence-electron chi connectivity index (χ3n) is 5.04. The van der Waals surface area contributed by atoms with E-state index >= 15 is 0 Å². The highest BCUT2D eigenvalue weighted by atomic mass is 35.5. The number of aromatic nitrogens is 5. The van der Waals surface area contributed by atoms with E-state index in [0.717, 1.165) is 38.6 Å². The van der Waals surface area contributed by atoms with Gasteiger partial charge < -0.3 is 14.2 Å². The molecule has 0 aliphatic carbocycles. The minimum atomic E-state index is 0.346.